The summed E-state index contributed by atoms with van der Waals surface area (Å²) < 4.78 is 18.8. The van der Waals surface area contributed by atoms with Crippen LogP contribution >= 0.6 is 11.5 Å². The zero-order valence-electron chi connectivity index (χ0n) is 15.1. The average Bonchev–Trinajstić information content (AvgIpc) is 3.13. The molecule has 0 saturated carbocycles. The van der Waals surface area contributed by atoms with E-state index in [-0.39, 0.29) is 11.6 Å². The van der Waals surface area contributed by atoms with E-state index >= 15 is 0 Å². The topological polar surface area (TPSA) is 36.4 Å². The smallest absolute Gasteiger partial charge is 0.162 e. The van der Waals surface area contributed by atoms with Crippen LogP contribution in [0, 0.1) is 5.82 Å². The van der Waals surface area contributed by atoms with E-state index in [0.29, 0.717) is 12.0 Å². The van der Waals surface area contributed by atoms with Gasteiger partial charge >= 0.3 is 0 Å². The Morgan fingerprint density at radius 3 is 2.56 bits per heavy atom. The predicted molar refractivity (Wildman–Crippen MR) is 108 cm³/mol. The molecular weight excluding hydrogens is 361 g/mol. The molecule has 0 radical (unpaired) electrons. The number of hydrogen-bond donors (Lipinski definition) is 0. The number of carbonyl (C=O) groups is 1. The first-order chi connectivity index (χ1) is 13.2. The van der Waals surface area contributed by atoms with Gasteiger partial charge in [0.2, 0.25) is 0 Å². The van der Waals surface area contributed by atoms with Crippen molar-refractivity contribution in [2.75, 3.05) is 37.6 Å². The van der Waals surface area contributed by atoms with Crippen molar-refractivity contribution >= 4 is 33.2 Å². The molecule has 27 heavy (non-hydrogen) atoms. The fraction of sp³-hybridized carbons (Fsp3) is 0.333. The van der Waals surface area contributed by atoms with Crippen molar-refractivity contribution < 1.29 is 9.18 Å². The highest BCUT2D eigenvalue weighted by Crippen LogP contribution is 2.29. The largest absolute Gasteiger partial charge is 0.353 e. The Morgan fingerprint density at radius 1 is 1.04 bits per heavy atom. The number of anilines is 1. The molecule has 1 aliphatic rings. The van der Waals surface area contributed by atoms with Crippen LogP contribution in [0.25, 0.3) is 10.1 Å². The van der Waals surface area contributed by atoms with Crippen molar-refractivity contribution in [3.8, 4) is 0 Å². The molecule has 0 N–H and O–H groups in total. The van der Waals surface area contributed by atoms with Gasteiger partial charge in [0.05, 0.1) is 4.70 Å². The van der Waals surface area contributed by atoms with Crippen LogP contribution in [0.5, 0.6) is 0 Å². The molecular formula is C21H22FN3OS. The summed E-state index contributed by atoms with van der Waals surface area (Å²) in [4.78, 5) is 16.9. The molecule has 0 aliphatic carbocycles. The highest BCUT2D eigenvalue weighted by molar-refractivity contribution is 7.13. The molecule has 1 aliphatic heterocycles. The average molecular weight is 383 g/mol. The van der Waals surface area contributed by atoms with Gasteiger partial charge in [-0.15, -0.1) is 0 Å². The molecule has 1 saturated heterocycles. The molecule has 3 aromatic rings. The van der Waals surface area contributed by atoms with Gasteiger partial charge < -0.3 is 4.90 Å². The highest BCUT2D eigenvalue weighted by Gasteiger charge is 2.20. The number of benzene rings is 2. The van der Waals surface area contributed by atoms with Crippen molar-refractivity contribution in [2.24, 2.45) is 0 Å². The van der Waals surface area contributed by atoms with Crippen LogP contribution in [-0.2, 0) is 0 Å². The Hall–Kier alpha value is -2.31. The third-order valence-corrected chi connectivity index (χ3v) is 5.89. The van der Waals surface area contributed by atoms with Crippen molar-refractivity contribution in [3.05, 3.63) is 59.9 Å². The van der Waals surface area contributed by atoms with Crippen LogP contribution in [0.2, 0.25) is 0 Å². The molecule has 0 atom stereocenters. The van der Waals surface area contributed by atoms with Crippen LogP contribution in [0.4, 0.5) is 10.2 Å². The van der Waals surface area contributed by atoms with Gasteiger partial charge in [0, 0.05) is 43.5 Å². The third kappa shape index (κ3) is 4.17. The number of fused-ring (bicyclic) bond motifs is 1. The fourth-order valence-corrected chi connectivity index (χ4v) is 4.32. The van der Waals surface area contributed by atoms with Crippen LogP contribution in [0.1, 0.15) is 23.2 Å². The van der Waals surface area contributed by atoms with Gasteiger partial charge in [0.25, 0.3) is 0 Å². The molecule has 140 valence electrons. The zero-order chi connectivity index (χ0) is 18.6. The Morgan fingerprint density at radius 2 is 1.78 bits per heavy atom. The van der Waals surface area contributed by atoms with E-state index in [1.54, 1.807) is 23.7 Å². The Kier molecular flexibility index (Phi) is 5.45. The van der Waals surface area contributed by atoms with E-state index in [1.165, 1.54) is 22.2 Å². The lowest BCUT2D eigenvalue weighted by atomic mass is 10.1. The van der Waals surface area contributed by atoms with Crippen LogP contribution in [0.15, 0.2) is 48.5 Å². The minimum atomic E-state index is -0.308. The molecule has 1 aromatic heterocycles. The van der Waals surface area contributed by atoms with Gasteiger partial charge in [-0.1, -0.05) is 12.1 Å². The third-order valence-electron chi connectivity index (χ3n) is 5.07. The summed E-state index contributed by atoms with van der Waals surface area (Å²) in [6, 6.07) is 14.2. The first-order valence-electron chi connectivity index (χ1n) is 9.31. The monoisotopic (exact) mass is 383 g/mol. The number of halogens is 1. The number of ketones is 1. The maximum Gasteiger partial charge on any atom is 0.162 e. The van der Waals surface area contributed by atoms with Crippen molar-refractivity contribution in [2.45, 2.75) is 12.8 Å². The Balaban J connectivity index is 1.25. The summed E-state index contributed by atoms with van der Waals surface area (Å²) >= 11 is 1.56. The quantitative estimate of drug-likeness (QED) is 0.597. The maximum absolute atomic E-state index is 12.9. The van der Waals surface area contributed by atoms with Crippen LogP contribution in [-0.4, -0.2) is 47.8 Å². The second-order valence-electron chi connectivity index (χ2n) is 6.86. The number of aromatic nitrogens is 1. The van der Waals surface area contributed by atoms with Gasteiger partial charge in [0.1, 0.15) is 11.6 Å². The van der Waals surface area contributed by atoms with E-state index in [0.717, 1.165) is 45.0 Å². The van der Waals surface area contributed by atoms with Crippen LogP contribution < -0.4 is 4.90 Å². The lowest BCUT2D eigenvalue weighted by molar-refractivity contribution is 0.0974. The summed E-state index contributed by atoms with van der Waals surface area (Å²) in [7, 11) is 0. The van der Waals surface area contributed by atoms with E-state index in [1.807, 2.05) is 0 Å². The van der Waals surface area contributed by atoms with Crippen molar-refractivity contribution in [1.82, 2.24) is 9.27 Å². The normalized spacial score (nSPS) is 15.4. The van der Waals surface area contributed by atoms with E-state index in [9.17, 15) is 9.18 Å². The van der Waals surface area contributed by atoms with Gasteiger partial charge in [0.15, 0.2) is 5.78 Å². The molecule has 0 bridgehead atoms. The molecule has 1 fully saturated rings. The van der Waals surface area contributed by atoms with Gasteiger partial charge in [-0.2, -0.15) is 4.37 Å². The number of carbonyl (C=O) groups excluding carboxylic acids is 1. The molecule has 2 aromatic carbocycles. The van der Waals surface area contributed by atoms with Crippen molar-refractivity contribution in [1.29, 1.82) is 0 Å². The van der Waals surface area contributed by atoms with E-state index in [2.05, 4.69) is 38.4 Å². The first-order valence-corrected chi connectivity index (χ1v) is 10.1. The van der Waals surface area contributed by atoms with Gasteiger partial charge in [-0.25, -0.2) is 4.39 Å². The summed E-state index contributed by atoms with van der Waals surface area (Å²) in [5.74, 6) is 0.877. The number of rotatable bonds is 6. The summed E-state index contributed by atoms with van der Waals surface area (Å²) in [6.07, 6.45) is 1.33. The molecule has 0 amide bonds. The zero-order valence-corrected chi connectivity index (χ0v) is 15.9. The second kappa shape index (κ2) is 8.15. The van der Waals surface area contributed by atoms with E-state index < -0.39 is 0 Å². The molecule has 0 unspecified atom stereocenters. The molecule has 6 heteroatoms. The number of hydrogen-bond acceptors (Lipinski definition) is 5. The Bertz CT molecular complexity index is 917. The maximum atomic E-state index is 12.9. The lowest BCUT2D eigenvalue weighted by Crippen LogP contribution is -2.46. The summed E-state index contributed by atoms with van der Waals surface area (Å²) in [6.45, 7) is 4.80. The standard InChI is InChI=1S/C21H22FN3OS/c22-17-9-7-16(8-10-17)19(26)5-3-11-24-12-14-25(15-13-24)21-18-4-1-2-6-20(18)27-23-21/h1-2,4,6-10H,3,5,11-15H2. The predicted octanol–water partition coefficient (Wildman–Crippen LogP) is 4.22. The number of nitrogens with zero attached hydrogens (tertiary/aromatic N) is 3. The summed E-state index contributed by atoms with van der Waals surface area (Å²) in [5, 5.41) is 1.24. The minimum Gasteiger partial charge on any atom is -0.353 e. The lowest BCUT2D eigenvalue weighted by Gasteiger charge is -2.35. The minimum absolute atomic E-state index is 0.0857. The second-order valence-corrected chi connectivity index (χ2v) is 7.67. The molecule has 4 rings (SSSR count). The highest BCUT2D eigenvalue weighted by atomic mass is 32.1. The molecule has 2 heterocycles. The summed E-state index contributed by atoms with van der Waals surface area (Å²) in [5.41, 5.74) is 0.594. The van der Waals surface area contributed by atoms with Gasteiger partial charge in [-0.05, 0) is 60.9 Å². The van der Waals surface area contributed by atoms with E-state index in [4.69, 9.17) is 0 Å². The van der Waals surface area contributed by atoms with Crippen LogP contribution in [0.3, 0.4) is 0 Å². The SMILES string of the molecule is O=C(CCCN1CCN(c2nsc3ccccc23)CC1)c1ccc(F)cc1. The number of piperazine rings is 1. The molecule has 4 nitrogen and oxygen atoms in total. The van der Waals surface area contributed by atoms with Crippen molar-refractivity contribution in [3.63, 3.8) is 0 Å². The fourth-order valence-electron chi connectivity index (χ4n) is 3.53. The number of Topliss-reactive ketones (excluding diaryl/α,β-unsaturated/α-hetero) is 1. The Labute approximate surface area is 162 Å². The van der Waals surface area contributed by atoms with Gasteiger partial charge in [-0.3, -0.25) is 9.69 Å². The first kappa shape index (κ1) is 18.1. The molecule has 0 spiro atoms.